The molecule has 0 radical (unpaired) electrons. The van der Waals surface area contributed by atoms with Crippen molar-refractivity contribution in [1.29, 1.82) is 0 Å². The molecule has 192 valence electrons. The largest absolute Gasteiger partial charge is 0.462 e. The number of rotatable bonds is 6. The number of anilines is 1. The summed E-state index contributed by atoms with van der Waals surface area (Å²) < 4.78 is 44.7. The van der Waals surface area contributed by atoms with E-state index in [-0.39, 0.29) is 18.6 Å². The minimum atomic E-state index is -4.47. The number of hydrogen-bond acceptors (Lipinski definition) is 4. The number of benzene rings is 3. The van der Waals surface area contributed by atoms with Crippen LogP contribution in [-0.2, 0) is 22.1 Å². The van der Waals surface area contributed by atoms with Crippen molar-refractivity contribution in [3.63, 3.8) is 0 Å². The summed E-state index contributed by atoms with van der Waals surface area (Å²) in [6.45, 7) is 1.96. The summed E-state index contributed by atoms with van der Waals surface area (Å²) in [5, 5.41) is 3.51. The topological polar surface area (TPSA) is 58.6 Å². The zero-order valence-corrected chi connectivity index (χ0v) is 20.3. The normalized spacial score (nSPS) is 21.2. The summed E-state index contributed by atoms with van der Waals surface area (Å²) in [5.41, 5.74) is 3.10. The molecule has 3 aromatic rings. The second kappa shape index (κ2) is 10.0. The van der Waals surface area contributed by atoms with Crippen LogP contribution in [0.1, 0.15) is 64.5 Å². The Kier molecular flexibility index (Phi) is 6.77. The van der Waals surface area contributed by atoms with E-state index in [9.17, 15) is 22.8 Å². The first kappa shape index (κ1) is 25.0. The Balaban J connectivity index is 1.48. The lowest BCUT2D eigenvalue weighted by Crippen LogP contribution is -2.40. The SMILES string of the molecule is CCOC(=O)c1cccc([C@@H]2C[C@H](N[C@@H]3CCc4ccccc43)C(=O)N2c2ccc(C(F)(F)F)cc2)c1. The standard InChI is InChI=1S/C29H27F3N2O3/c1-2-37-28(36)20-8-5-7-19(16-20)26-17-25(33-24-15-10-18-6-3-4-9-23(18)24)27(35)34(26)22-13-11-21(12-14-22)29(30,31)32/h3-9,11-14,16,24-26,33H,2,10,15,17H2,1H3/t24-,25+,26+/m1/s1. The quantitative estimate of drug-likeness (QED) is 0.415. The number of carbonyl (C=O) groups is 2. The molecule has 1 saturated heterocycles. The van der Waals surface area contributed by atoms with Crippen LogP contribution in [0.5, 0.6) is 0 Å². The van der Waals surface area contributed by atoms with Crippen LogP contribution in [0, 0.1) is 0 Å². The molecule has 8 heteroatoms. The Morgan fingerprint density at radius 2 is 1.78 bits per heavy atom. The lowest BCUT2D eigenvalue weighted by molar-refractivity contribution is -0.137. The number of nitrogens with one attached hydrogen (secondary N) is 1. The molecular weight excluding hydrogens is 481 g/mol. The highest BCUT2D eigenvalue weighted by atomic mass is 19.4. The van der Waals surface area contributed by atoms with Crippen LogP contribution < -0.4 is 10.2 Å². The number of nitrogens with zero attached hydrogens (tertiary/aromatic N) is 1. The van der Waals surface area contributed by atoms with Crippen LogP contribution in [0.3, 0.4) is 0 Å². The molecule has 0 spiro atoms. The highest BCUT2D eigenvalue weighted by molar-refractivity contribution is 6.00. The van der Waals surface area contributed by atoms with Crippen molar-refractivity contribution in [2.75, 3.05) is 11.5 Å². The molecule has 37 heavy (non-hydrogen) atoms. The fourth-order valence-corrected chi connectivity index (χ4v) is 5.35. The summed E-state index contributed by atoms with van der Waals surface area (Å²) in [5.74, 6) is -0.678. The van der Waals surface area contributed by atoms with Gasteiger partial charge in [-0.25, -0.2) is 4.79 Å². The van der Waals surface area contributed by atoms with Crippen molar-refractivity contribution < 1.29 is 27.5 Å². The van der Waals surface area contributed by atoms with Crippen LogP contribution in [-0.4, -0.2) is 24.5 Å². The molecule has 1 fully saturated rings. The van der Waals surface area contributed by atoms with Gasteiger partial charge in [-0.15, -0.1) is 0 Å². The number of fused-ring (bicyclic) bond motifs is 1. The summed E-state index contributed by atoms with van der Waals surface area (Å²) in [6, 6.07) is 18.7. The number of alkyl halides is 3. The van der Waals surface area contributed by atoms with E-state index < -0.39 is 29.8 Å². The molecule has 3 aromatic carbocycles. The fraction of sp³-hybridized carbons (Fsp3) is 0.310. The van der Waals surface area contributed by atoms with E-state index >= 15 is 0 Å². The Labute approximate surface area is 213 Å². The molecule has 0 saturated carbocycles. The minimum absolute atomic E-state index is 0.0178. The van der Waals surface area contributed by atoms with Crippen molar-refractivity contribution in [2.24, 2.45) is 0 Å². The van der Waals surface area contributed by atoms with Gasteiger partial charge in [0, 0.05) is 11.7 Å². The number of ether oxygens (including phenoxy) is 1. The van der Waals surface area contributed by atoms with Crippen molar-refractivity contribution in [3.05, 3.63) is 101 Å². The Morgan fingerprint density at radius 1 is 1.03 bits per heavy atom. The molecule has 2 aliphatic rings. The average Bonchev–Trinajstić information content (AvgIpc) is 3.45. The molecule has 5 rings (SSSR count). The highest BCUT2D eigenvalue weighted by Gasteiger charge is 2.43. The van der Waals surface area contributed by atoms with E-state index in [1.807, 2.05) is 18.2 Å². The first-order chi connectivity index (χ1) is 17.8. The molecule has 1 heterocycles. The molecule has 1 aliphatic heterocycles. The van der Waals surface area contributed by atoms with Gasteiger partial charge < -0.3 is 9.64 Å². The fourth-order valence-electron chi connectivity index (χ4n) is 5.35. The van der Waals surface area contributed by atoms with Gasteiger partial charge in [0.15, 0.2) is 0 Å². The lowest BCUT2D eigenvalue weighted by atomic mass is 9.99. The maximum atomic E-state index is 13.7. The van der Waals surface area contributed by atoms with E-state index in [0.717, 1.165) is 30.5 Å². The smallest absolute Gasteiger partial charge is 0.416 e. The summed E-state index contributed by atoms with van der Waals surface area (Å²) in [7, 11) is 0. The van der Waals surface area contributed by atoms with Gasteiger partial charge in [-0.3, -0.25) is 10.1 Å². The molecular formula is C29H27F3N2O3. The number of halogens is 3. The Bertz CT molecular complexity index is 1310. The first-order valence-electron chi connectivity index (χ1n) is 12.4. The van der Waals surface area contributed by atoms with Gasteiger partial charge in [0.05, 0.1) is 29.8 Å². The number of carbonyl (C=O) groups excluding carboxylic acids is 2. The van der Waals surface area contributed by atoms with Crippen LogP contribution in [0.15, 0.2) is 72.8 Å². The van der Waals surface area contributed by atoms with Crippen molar-refractivity contribution in [2.45, 2.75) is 50.5 Å². The first-order valence-corrected chi connectivity index (χ1v) is 12.4. The molecule has 0 bridgehead atoms. The number of amides is 1. The summed E-state index contributed by atoms with van der Waals surface area (Å²) in [4.78, 5) is 27.6. The highest BCUT2D eigenvalue weighted by Crippen LogP contribution is 2.41. The lowest BCUT2D eigenvalue weighted by Gasteiger charge is -2.26. The predicted molar refractivity (Wildman–Crippen MR) is 133 cm³/mol. The van der Waals surface area contributed by atoms with Gasteiger partial charge in [-0.05, 0) is 79.3 Å². The van der Waals surface area contributed by atoms with Crippen molar-refractivity contribution in [3.8, 4) is 0 Å². The van der Waals surface area contributed by atoms with E-state index in [2.05, 4.69) is 17.4 Å². The number of aryl methyl sites for hydroxylation is 1. The summed E-state index contributed by atoms with van der Waals surface area (Å²) >= 11 is 0. The zero-order chi connectivity index (χ0) is 26.2. The van der Waals surface area contributed by atoms with Gasteiger partial charge in [-0.2, -0.15) is 13.2 Å². The molecule has 0 unspecified atom stereocenters. The molecule has 0 aromatic heterocycles. The molecule has 1 aliphatic carbocycles. The monoisotopic (exact) mass is 508 g/mol. The van der Waals surface area contributed by atoms with Gasteiger partial charge in [-0.1, -0.05) is 36.4 Å². The van der Waals surface area contributed by atoms with E-state index in [1.165, 1.54) is 23.3 Å². The molecule has 1 N–H and O–H groups in total. The molecule has 1 amide bonds. The molecule has 5 nitrogen and oxygen atoms in total. The predicted octanol–water partition coefficient (Wildman–Crippen LogP) is 6.01. The maximum Gasteiger partial charge on any atom is 0.416 e. The average molecular weight is 509 g/mol. The van der Waals surface area contributed by atoms with E-state index in [4.69, 9.17) is 4.74 Å². The second-order valence-electron chi connectivity index (χ2n) is 9.36. The third-order valence-corrected chi connectivity index (χ3v) is 7.10. The number of hydrogen-bond donors (Lipinski definition) is 1. The maximum absolute atomic E-state index is 13.7. The summed E-state index contributed by atoms with van der Waals surface area (Å²) in [6.07, 6.45) is -2.28. The second-order valence-corrected chi connectivity index (χ2v) is 9.36. The Morgan fingerprint density at radius 3 is 2.51 bits per heavy atom. The Hall–Kier alpha value is -3.65. The van der Waals surface area contributed by atoms with Crippen LogP contribution in [0.25, 0.3) is 0 Å². The third kappa shape index (κ3) is 4.98. The van der Waals surface area contributed by atoms with Crippen molar-refractivity contribution in [1.82, 2.24) is 5.32 Å². The molecule has 3 atom stereocenters. The van der Waals surface area contributed by atoms with Gasteiger partial charge in [0.2, 0.25) is 5.91 Å². The van der Waals surface area contributed by atoms with Gasteiger partial charge in [0.25, 0.3) is 0 Å². The van der Waals surface area contributed by atoms with E-state index in [1.54, 1.807) is 30.0 Å². The third-order valence-electron chi connectivity index (χ3n) is 7.10. The van der Waals surface area contributed by atoms with Crippen LogP contribution in [0.4, 0.5) is 18.9 Å². The van der Waals surface area contributed by atoms with E-state index in [0.29, 0.717) is 17.7 Å². The zero-order valence-electron chi connectivity index (χ0n) is 20.3. The van der Waals surface area contributed by atoms with Crippen LogP contribution >= 0.6 is 0 Å². The minimum Gasteiger partial charge on any atom is -0.462 e. The van der Waals surface area contributed by atoms with Gasteiger partial charge in [0.1, 0.15) is 0 Å². The van der Waals surface area contributed by atoms with Crippen LogP contribution in [0.2, 0.25) is 0 Å². The number of esters is 1. The van der Waals surface area contributed by atoms with Crippen molar-refractivity contribution >= 4 is 17.6 Å². The van der Waals surface area contributed by atoms with Gasteiger partial charge >= 0.3 is 12.1 Å².